The minimum atomic E-state index is -0.360. The van der Waals surface area contributed by atoms with Gasteiger partial charge in [0.15, 0.2) is 0 Å². The third-order valence-corrected chi connectivity index (χ3v) is 4.40. The molecule has 104 valence electrons. The van der Waals surface area contributed by atoms with E-state index in [0.29, 0.717) is 6.54 Å². The van der Waals surface area contributed by atoms with Gasteiger partial charge in [0.25, 0.3) is 0 Å². The molecular weight excluding hydrogens is 252 g/mol. The van der Waals surface area contributed by atoms with E-state index < -0.39 is 0 Å². The highest BCUT2D eigenvalue weighted by Gasteiger charge is 2.50. The molecule has 1 aromatic carbocycles. The average Bonchev–Trinajstić information content (AvgIpc) is 3.06. The van der Waals surface area contributed by atoms with E-state index >= 15 is 0 Å². The molecule has 4 unspecified atom stereocenters. The van der Waals surface area contributed by atoms with Gasteiger partial charge in [-0.2, -0.15) is 0 Å². The maximum atomic E-state index is 12.4. The van der Waals surface area contributed by atoms with Crippen molar-refractivity contribution in [2.45, 2.75) is 13.0 Å². The fraction of sp³-hybridized carbons (Fsp3) is 0.375. The van der Waals surface area contributed by atoms with Crippen LogP contribution in [-0.2, 0) is 16.1 Å². The SMILES string of the molecule is NC(=O)C1C2C=CC(C2)C1C(=O)NCc1ccccc1. The molecule has 2 aliphatic rings. The summed E-state index contributed by atoms with van der Waals surface area (Å²) in [5.74, 6) is -0.763. The van der Waals surface area contributed by atoms with E-state index in [9.17, 15) is 9.59 Å². The topological polar surface area (TPSA) is 72.2 Å². The van der Waals surface area contributed by atoms with Crippen molar-refractivity contribution in [1.82, 2.24) is 5.32 Å². The van der Waals surface area contributed by atoms with Gasteiger partial charge >= 0.3 is 0 Å². The molecule has 4 heteroatoms. The van der Waals surface area contributed by atoms with Gasteiger partial charge < -0.3 is 11.1 Å². The summed E-state index contributed by atoms with van der Waals surface area (Å²) in [5.41, 5.74) is 6.52. The van der Waals surface area contributed by atoms with Crippen LogP contribution in [0.15, 0.2) is 42.5 Å². The van der Waals surface area contributed by atoms with Crippen LogP contribution in [0.3, 0.4) is 0 Å². The minimum absolute atomic E-state index is 0.0606. The quantitative estimate of drug-likeness (QED) is 0.808. The van der Waals surface area contributed by atoms with Crippen LogP contribution in [0.5, 0.6) is 0 Å². The number of primary amides is 1. The Kier molecular flexibility index (Phi) is 3.30. The second kappa shape index (κ2) is 5.12. The second-order valence-electron chi connectivity index (χ2n) is 5.61. The van der Waals surface area contributed by atoms with Crippen LogP contribution in [0.25, 0.3) is 0 Å². The molecule has 1 fully saturated rings. The van der Waals surface area contributed by atoms with Gasteiger partial charge in [-0.15, -0.1) is 0 Å². The molecule has 4 nitrogen and oxygen atoms in total. The maximum Gasteiger partial charge on any atom is 0.224 e. The predicted octanol–water partition coefficient (Wildman–Crippen LogP) is 1.23. The molecule has 0 radical (unpaired) electrons. The first-order valence-electron chi connectivity index (χ1n) is 6.96. The Bertz CT molecular complexity index is 553. The summed E-state index contributed by atoms with van der Waals surface area (Å²) in [7, 11) is 0. The predicted molar refractivity (Wildman–Crippen MR) is 75.2 cm³/mol. The Morgan fingerprint density at radius 2 is 1.75 bits per heavy atom. The Hall–Kier alpha value is -2.10. The Balaban J connectivity index is 1.68. The lowest BCUT2D eigenvalue weighted by molar-refractivity contribution is -0.133. The molecule has 2 aliphatic carbocycles. The largest absolute Gasteiger partial charge is 0.369 e. The molecule has 20 heavy (non-hydrogen) atoms. The monoisotopic (exact) mass is 270 g/mol. The van der Waals surface area contributed by atoms with E-state index in [0.717, 1.165) is 12.0 Å². The fourth-order valence-electron chi connectivity index (χ4n) is 3.47. The lowest BCUT2D eigenvalue weighted by Crippen LogP contribution is -2.42. The number of allylic oxidation sites excluding steroid dienone is 2. The number of carbonyl (C=O) groups is 2. The van der Waals surface area contributed by atoms with Crippen LogP contribution >= 0.6 is 0 Å². The van der Waals surface area contributed by atoms with Crippen molar-refractivity contribution < 1.29 is 9.59 Å². The van der Waals surface area contributed by atoms with E-state index in [1.807, 2.05) is 36.4 Å². The summed E-state index contributed by atoms with van der Waals surface area (Å²) in [4.78, 5) is 24.0. The van der Waals surface area contributed by atoms with Gasteiger partial charge in [0.2, 0.25) is 11.8 Å². The van der Waals surface area contributed by atoms with Gasteiger partial charge in [-0.3, -0.25) is 9.59 Å². The zero-order valence-electron chi connectivity index (χ0n) is 11.2. The highest BCUT2D eigenvalue weighted by Crippen LogP contribution is 2.47. The van der Waals surface area contributed by atoms with Gasteiger partial charge in [-0.1, -0.05) is 42.5 Å². The summed E-state index contributed by atoms with van der Waals surface area (Å²) in [5, 5.41) is 2.93. The van der Waals surface area contributed by atoms with Gasteiger partial charge in [-0.25, -0.2) is 0 Å². The highest BCUT2D eigenvalue weighted by atomic mass is 16.2. The van der Waals surface area contributed by atoms with Crippen molar-refractivity contribution in [2.75, 3.05) is 0 Å². The summed E-state index contributed by atoms with van der Waals surface area (Å²) >= 11 is 0. The van der Waals surface area contributed by atoms with Crippen LogP contribution < -0.4 is 11.1 Å². The third-order valence-electron chi connectivity index (χ3n) is 4.40. The lowest BCUT2D eigenvalue weighted by Gasteiger charge is -2.24. The van der Waals surface area contributed by atoms with Gasteiger partial charge in [-0.05, 0) is 23.8 Å². The average molecular weight is 270 g/mol. The minimum Gasteiger partial charge on any atom is -0.369 e. The Morgan fingerprint density at radius 3 is 2.40 bits per heavy atom. The van der Waals surface area contributed by atoms with E-state index in [1.54, 1.807) is 0 Å². The second-order valence-corrected chi connectivity index (χ2v) is 5.61. The summed E-state index contributed by atoms with van der Waals surface area (Å²) < 4.78 is 0. The number of carbonyl (C=O) groups excluding carboxylic acids is 2. The molecule has 4 atom stereocenters. The van der Waals surface area contributed by atoms with Crippen LogP contribution in [0, 0.1) is 23.7 Å². The number of nitrogens with one attached hydrogen (secondary N) is 1. The van der Waals surface area contributed by atoms with Crippen LogP contribution in [0.1, 0.15) is 12.0 Å². The van der Waals surface area contributed by atoms with E-state index in [2.05, 4.69) is 11.4 Å². The molecular formula is C16H18N2O2. The van der Waals surface area contributed by atoms with Crippen molar-refractivity contribution in [3.05, 3.63) is 48.0 Å². The normalized spacial score (nSPS) is 30.4. The van der Waals surface area contributed by atoms with Crippen molar-refractivity contribution in [2.24, 2.45) is 29.4 Å². The molecule has 0 saturated heterocycles. The van der Waals surface area contributed by atoms with E-state index in [4.69, 9.17) is 5.73 Å². The molecule has 3 rings (SSSR count). The first-order valence-corrected chi connectivity index (χ1v) is 6.96. The first kappa shape index (κ1) is 12.9. The highest BCUT2D eigenvalue weighted by molar-refractivity contribution is 5.89. The smallest absolute Gasteiger partial charge is 0.224 e. The third kappa shape index (κ3) is 2.22. The van der Waals surface area contributed by atoms with Gasteiger partial charge in [0.05, 0.1) is 11.8 Å². The molecule has 1 aromatic rings. The van der Waals surface area contributed by atoms with Gasteiger partial charge in [0.1, 0.15) is 0 Å². The number of hydrogen-bond donors (Lipinski definition) is 2. The molecule has 3 N–H and O–H groups in total. The number of nitrogens with two attached hydrogens (primary N) is 1. The number of fused-ring (bicyclic) bond motifs is 2. The fourth-order valence-corrected chi connectivity index (χ4v) is 3.47. The molecule has 0 spiro atoms. The molecule has 0 aromatic heterocycles. The first-order chi connectivity index (χ1) is 9.66. The van der Waals surface area contributed by atoms with E-state index in [-0.39, 0.29) is 35.5 Å². The zero-order valence-corrected chi connectivity index (χ0v) is 11.2. The summed E-state index contributed by atoms with van der Waals surface area (Å²) in [6.07, 6.45) is 4.95. The van der Waals surface area contributed by atoms with Crippen LogP contribution in [0.2, 0.25) is 0 Å². The standard InChI is InChI=1S/C16H18N2O2/c17-15(19)13-11-6-7-12(8-11)14(13)16(20)18-9-10-4-2-1-3-5-10/h1-7,11-14H,8-9H2,(H2,17,19)(H,18,20). The van der Waals surface area contributed by atoms with Gasteiger partial charge in [0, 0.05) is 6.54 Å². The molecule has 0 aliphatic heterocycles. The summed E-state index contributed by atoms with van der Waals surface area (Å²) in [6, 6.07) is 9.75. The maximum absolute atomic E-state index is 12.4. The lowest BCUT2D eigenvalue weighted by atomic mass is 9.82. The molecule has 2 amide bonds. The number of amides is 2. The van der Waals surface area contributed by atoms with Crippen LogP contribution in [-0.4, -0.2) is 11.8 Å². The van der Waals surface area contributed by atoms with Crippen molar-refractivity contribution >= 4 is 11.8 Å². The van der Waals surface area contributed by atoms with Crippen molar-refractivity contribution in [3.63, 3.8) is 0 Å². The van der Waals surface area contributed by atoms with Crippen molar-refractivity contribution in [1.29, 1.82) is 0 Å². The number of rotatable bonds is 4. The molecule has 0 heterocycles. The van der Waals surface area contributed by atoms with E-state index in [1.165, 1.54) is 0 Å². The zero-order chi connectivity index (χ0) is 14.1. The molecule has 2 bridgehead atoms. The van der Waals surface area contributed by atoms with Crippen molar-refractivity contribution in [3.8, 4) is 0 Å². The Labute approximate surface area is 118 Å². The molecule has 1 saturated carbocycles. The number of hydrogen-bond acceptors (Lipinski definition) is 2. The Morgan fingerprint density at radius 1 is 1.10 bits per heavy atom. The number of benzene rings is 1. The van der Waals surface area contributed by atoms with Crippen LogP contribution in [0.4, 0.5) is 0 Å². The summed E-state index contributed by atoms with van der Waals surface area (Å²) in [6.45, 7) is 0.489.